The molecule has 0 aliphatic carbocycles. The van der Waals surface area contributed by atoms with Crippen LogP contribution in [0.1, 0.15) is 1.43 Å². The van der Waals surface area contributed by atoms with E-state index in [0.29, 0.717) is 17.0 Å². The monoisotopic (exact) mass is 295 g/mol. The Morgan fingerprint density at radius 1 is 1.05 bits per heavy atom. The molecule has 1 amide bonds. The number of ether oxygens (including phenoxy) is 1. The minimum atomic E-state index is -0.542. The predicted octanol–water partition coefficient (Wildman–Crippen LogP) is 3.82. The molecule has 0 aliphatic heterocycles. The highest BCUT2D eigenvalue weighted by atomic mass is 16.5. The third kappa shape index (κ3) is 3.70. The van der Waals surface area contributed by atoms with Crippen LogP contribution in [0.5, 0.6) is 5.75 Å². The number of esters is 1. The summed E-state index contributed by atoms with van der Waals surface area (Å²) in [4.78, 5) is 22.9. The molecule has 2 aromatic carbocycles. The van der Waals surface area contributed by atoms with Crippen LogP contribution in [0.15, 0.2) is 73.8 Å². The summed E-state index contributed by atoms with van der Waals surface area (Å²) in [5.74, 6) is -0.456. The highest BCUT2D eigenvalue weighted by molar-refractivity contribution is 5.99. The molecule has 0 saturated carbocycles. The first-order valence-corrected chi connectivity index (χ1v) is 6.61. The van der Waals surface area contributed by atoms with E-state index < -0.39 is 5.97 Å². The molecule has 22 heavy (non-hydrogen) atoms. The van der Waals surface area contributed by atoms with Gasteiger partial charge in [-0.2, -0.15) is 0 Å². The number of rotatable bonds is 5. The molecule has 0 unspecified atom stereocenters. The minimum Gasteiger partial charge on any atom is -0.423 e. The van der Waals surface area contributed by atoms with Gasteiger partial charge in [0.25, 0.3) is 0 Å². The smallest absolute Gasteiger partial charge is 0.335 e. The first-order valence-electron chi connectivity index (χ1n) is 6.61. The summed E-state index contributed by atoms with van der Waals surface area (Å²) in [5.41, 5.74) is 2.14. The Kier molecular flexibility index (Phi) is 4.88. The first kappa shape index (κ1) is 15.3. The lowest BCUT2D eigenvalue weighted by molar-refractivity contribution is -0.128. The lowest BCUT2D eigenvalue weighted by atomic mass is 10.0. The topological polar surface area (TPSA) is 55.4 Å². The zero-order valence-corrected chi connectivity index (χ0v) is 11.9. The van der Waals surface area contributed by atoms with Crippen LogP contribution in [-0.4, -0.2) is 11.9 Å². The number of carbonyl (C=O) groups excluding carboxylic acids is 2. The third-order valence-electron chi connectivity index (χ3n) is 2.89. The Morgan fingerprint density at radius 3 is 2.41 bits per heavy atom. The fourth-order valence-electron chi connectivity index (χ4n) is 1.88. The van der Waals surface area contributed by atoms with Crippen molar-refractivity contribution in [1.29, 1.82) is 0 Å². The molecule has 0 aromatic heterocycles. The number of hydrogen-bond donors (Lipinski definition) is 1. The molecule has 0 heterocycles. The lowest BCUT2D eigenvalue weighted by Crippen LogP contribution is -2.08. The quantitative estimate of drug-likeness (QED) is 0.518. The van der Waals surface area contributed by atoms with Crippen molar-refractivity contribution in [3.8, 4) is 16.9 Å². The maximum atomic E-state index is 11.5. The van der Waals surface area contributed by atoms with Gasteiger partial charge in [0.1, 0.15) is 5.75 Å². The molecule has 4 heteroatoms. The average Bonchev–Trinajstić information content (AvgIpc) is 2.56. The van der Waals surface area contributed by atoms with Crippen LogP contribution < -0.4 is 10.1 Å². The first-order chi connectivity index (χ1) is 10.6. The Labute approximate surface area is 130 Å². The van der Waals surface area contributed by atoms with Gasteiger partial charge >= 0.3 is 5.97 Å². The van der Waals surface area contributed by atoms with E-state index in [9.17, 15) is 9.59 Å². The van der Waals surface area contributed by atoms with Gasteiger partial charge < -0.3 is 10.1 Å². The molecule has 2 aromatic rings. The van der Waals surface area contributed by atoms with E-state index in [-0.39, 0.29) is 7.33 Å². The van der Waals surface area contributed by atoms with Crippen molar-refractivity contribution in [3.63, 3.8) is 0 Å². The van der Waals surface area contributed by atoms with Crippen LogP contribution in [0.3, 0.4) is 0 Å². The molecule has 112 valence electrons. The Morgan fingerprint density at radius 2 is 1.77 bits per heavy atom. The predicted molar refractivity (Wildman–Crippen MR) is 88.7 cm³/mol. The van der Waals surface area contributed by atoms with Crippen LogP contribution in [0.4, 0.5) is 5.69 Å². The summed E-state index contributed by atoms with van der Waals surface area (Å²) < 4.78 is 5.25. The van der Waals surface area contributed by atoms with E-state index in [2.05, 4.69) is 18.5 Å². The number of anilines is 1. The van der Waals surface area contributed by atoms with Crippen LogP contribution in [0.2, 0.25) is 0 Å². The number of nitrogens with one attached hydrogen (secondary N) is 1. The molecule has 4 nitrogen and oxygen atoms in total. The maximum absolute atomic E-state index is 11.5. The van der Waals surface area contributed by atoms with Gasteiger partial charge in [0.15, 0.2) is 0 Å². The summed E-state index contributed by atoms with van der Waals surface area (Å²) in [7, 11) is 0. The Balaban J connectivity index is 0.00000264. The van der Waals surface area contributed by atoms with Gasteiger partial charge in [0, 0.05) is 18.8 Å². The van der Waals surface area contributed by atoms with E-state index in [1.165, 1.54) is 6.08 Å². The van der Waals surface area contributed by atoms with Gasteiger partial charge in [0.2, 0.25) is 5.91 Å². The fraction of sp³-hybridized carbons (Fsp3) is 0. The largest absolute Gasteiger partial charge is 0.423 e. The van der Waals surface area contributed by atoms with Gasteiger partial charge in [-0.05, 0) is 29.8 Å². The van der Waals surface area contributed by atoms with Gasteiger partial charge in [-0.15, -0.1) is 0 Å². The highest BCUT2D eigenvalue weighted by Crippen LogP contribution is 2.32. The van der Waals surface area contributed by atoms with E-state index in [0.717, 1.165) is 11.6 Å². The number of benzene rings is 2. The second-order valence-corrected chi connectivity index (χ2v) is 4.40. The van der Waals surface area contributed by atoms with Crippen LogP contribution in [-0.2, 0) is 9.59 Å². The second-order valence-electron chi connectivity index (χ2n) is 4.40. The van der Waals surface area contributed by atoms with Crippen molar-refractivity contribution >= 4 is 17.6 Å². The van der Waals surface area contributed by atoms with Gasteiger partial charge in [0.05, 0.1) is 0 Å². The molecule has 0 saturated heterocycles. The van der Waals surface area contributed by atoms with E-state index in [1.807, 2.05) is 30.3 Å². The molecular formula is C18H17NO3. The minimum absolute atomic E-state index is 0. The van der Waals surface area contributed by atoms with Crippen LogP contribution >= 0.6 is 0 Å². The summed E-state index contributed by atoms with van der Waals surface area (Å²) in [6.45, 7) is 6.80. The van der Waals surface area contributed by atoms with Crippen molar-refractivity contribution in [2.24, 2.45) is 0 Å². The van der Waals surface area contributed by atoms with E-state index >= 15 is 0 Å². The standard InChI is InChI=1S/C18H15NO3.H2/c1-3-17(20)19-14-10-11-16(22-18(21)4-2)15(12-14)13-8-6-5-7-9-13;/h3-12H,1-2H2,(H,19,20);1H. The van der Waals surface area contributed by atoms with Gasteiger partial charge in [-0.1, -0.05) is 43.5 Å². The number of carbonyl (C=O) groups is 2. The molecule has 0 fully saturated rings. The second kappa shape index (κ2) is 7.04. The molecule has 0 atom stereocenters. The molecule has 0 aliphatic rings. The molecule has 0 spiro atoms. The van der Waals surface area contributed by atoms with Gasteiger partial charge in [-0.25, -0.2) is 4.79 Å². The maximum Gasteiger partial charge on any atom is 0.335 e. The zero-order valence-electron chi connectivity index (χ0n) is 11.9. The SMILES string of the molecule is C=CC(=O)Nc1ccc(OC(=O)C=C)c(-c2ccccc2)c1.[HH]. The third-order valence-corrected chi connectivity index (χ3v) is 2.89. The molecule has 1 N–H and O–H groups in total. The van der Waals surface area contributed by atoms with Crippen molar-refractivity contribution < 1.29 is 15.8 Å². The summed E-state index contributed by atoms with van der Waals surface area (Å²) in [5, 5.41) is 2.68. The molecule has 0 radical (unpaired) electrons. The Bertz CT molecular complexity index is 726. The van der Waals surface area contributed by atoms with Crippen molar-refractivity contribution in [3.05, 3.63) is 73.8 Å². The van der Waals surface area contributed by atoms with E-state index in [1.54, 1.807) is 18.2 Å². The van der Waals surface area contributed by atoms with Crippen LogP contribution in [0, 0.1) is 0 Å². The normalized spacial score (nSPS) is 9.64. The van der Waals surface area contributed by atoms with E-state index in [4.69, 9.17) is 4.74 Å². The van der Waals surface area contributed by atoms with Crippen molar-refractivity contribution in [2.75, 3.05) is 5.32 Å². The lowest BCUT2D eigenvalue weighted by Gasteiger charge is -2.12. The summed E-state index contributed by atoms with van der Waals surface area (Å²) in [6.07, 6.45) is 2.29. The highest BCUT2D eigenvalue weighted by Gasteiger charge is 2.11. The van der Waals surface area contributed by atoms with Crippen LogP contribution in [0.25, 0.3) is 11.1 Å². The van der Waals surface area contributed by atoms with Crippen molar-refractivity contribution in [2.45, 2.75) is 0 Å². The average molecular weight is 295 g/mol. The van der Waals surface area contributed by atoms with Crippen molar-refractivity contribution in [1.82, 2.24) is 0 Å². The molecule has 2 rings (SSSR count). The van der Waals surface area contributed by atoms with Gasteiger partial charge in [-0.3, -0.25) is 4.79 Å². The number of amides is 1. The molecular weight excluding hydrogens is 278 g/mol. The molecule has 0 bridgehead atoms. The summed E-state index contributed by atoms with van der Waals surface area (Å²) >= 11 is 0. The zero-order chi connectivity index (χ0) is 15.9. The number of hydrogen-bond acceptors (Lipinski definition) is 3. The summed E-state index contributed by atoms with van der Waals surface area (Å²) in [6, 6.07) is 14.4. The fourth-order valence-corrected chi connectivity index (χ4v) is 1.88. The Hall–Kier alpha value is -3.14.